The minimum absolute atomic E-state index is 0.0137. The maximum atomic E-state index is 8.97. The van der Waals surface area contributed by atoms with Crippen molar-refractivity contribution in [2.75, 3.05) is 13.4 Å². The number of ether oxygens (including phenoxy) is 2. The van der Waals surface area contributed by atoms with Crippen LogP contribution in [0.15, 0.2) is 23.7 Å². The SMILES string of the molecule is CC(C)N(C(C)C)P(OCCC#N)O[C@H]1[C@@H](C2C=CC3=C(C2)OCO3)SSC1(C)C. The fourth-order valence-electron chi connectivity index (χ4n) is 3.88. The van der Waals surface area contributed by atoms with Crippen molar-refractivity contribution in [3.8, 4) is 6.07 Å². The van der Waals surface area contributed by atoms with E-state index in [0.29, 0.717) is 25.7 Å². The van der Waals surface area contributed by atoms with Gasteiger partial charge < -0.3 is 18.5 Å². The molecule has 0 aromatic heterocycles. The maximum absolute atomic E-state index is 8.97. The molecule has 1 saturated heterocycles. The highest BCUT2D eigenvalue weighted by Gasteiger charge is 2.50. The Morgan fingerprint density at radius 1 is 1.30 bits per heavy atom. The van der Waals surface area contributed by atoms with Crippen molar-refractivity contribution in [1.29, 1.82) is 5.26 Å². The smallest absolute Gasteiger partial charge is 0.259 e. The Hall–Kier alpha value is -0.420. The van der Waals surface area contributed by atoms with Gasteiger partial charge in [0, 0.05) is 28.5 Å². The minimum Gasteiger partial charge on any atom is -0.458 e. The van der Waals surface area contributed by atoms with Crippen molar-refractivity contribution in [2.24, 2.45) is 5.92 Å². The third kappa shape index (κ3) is 5.49. The predicted octanol–water partition coefficient (Wildman–Crippen LogP) is 5.98. The topological polar surface area (TPSA) is 64.0 Å². The molecule has 0 amide bonds. The van der Waals surface area contributed by atoms with Gasteiger partial charge in [-0.25, -0.2) is 4.67 Å². The number of allylic oxidation sites excluding steroid dienone is 3. The summed E-state index contributed by atoms with van der Waals surface area (Å²) in [5.41, 5.74) is 0. The summed E-state index contributed by atoms with van der Waals surface area (Å²) in [4.78, 5) is 0. The lowest BCUT2D eigenvalue weighted by atomic mass is 9.88. The number of nitriles is 1. The molecule has 6 nitrogen and oxygen atoms in total. The van der Waals surface area contributed by atoms with Crippen LogP contribution in [0.3, 0.4) is 0 Å². The number of hydrogen-bond acceptors (Lipinski definition) is 8. The quantitative estimate of drug-likeness (QED) is 0.231. The van der Waals surface area contributed by atoms with Crippen molar-refractivity contribution in [3.05, 3.63) is 23.7 Å². The number of rotatable bonds is 9. The monoisotopic (exact) mass is 472 g/mol. The molecule has 0 N–H and O–H groups in total. The van der Waals surface area contributed by atoms with Crippen LogP contribution >= 0.6 is 30.1 Å². The molecule has 30 heavy (non-hydrogen) atoms. The zero-order valence-corrected chi connectivity index (χ0v) is 21.2. The molecule has 0 aromatic carbocycles. The Balaban J connectivity index is 1.79. The predicted molar refractivity (Wildman–Crippen MR) is 124 cm³/mol. The summed E-state index contributed by atoms with van der Waals surface area (Å²) in [5, 5.41) is 9.26. The lowest BCUT2D eigenvalue weighted by Crippen LogP contribution is -2.43. The summed E-state index contributed by atoms with van der Waals surface area (Å²) in [7, 11) is 2.51. The lowest BCUT2D eigenvalue weighted by molar-refractivity contribution is 0.0702. The van der Waals surface area contributed by atoms with Crippen molar-refractivity contribution < 1.29 is 18.5 Å². The molecule has 0 aromatic rings. The Morgan fingerprint density at radius 3 is 2.70 bits per heavy atom. The molecule has 2 heterocycles. The molecule has 2 aliphatic heterocycles. The molecular formula is C21H33N2O4PS2. The Labute approximate surface area is 190 Å². The van der Waals surface area contributed by atoms with E-state index in [1.165, 1.54) is 0 Å². The fourth-order valence-corrected chi connectivity index (χ4v) is 9.58. The van der Waals surface area contributed by atoms with E-state index in [0.717, 1.165) is 17.9 Å². The highest BCUT2D eigenvalue weighted by atomic mass is 33.1. The van der Waals surface area contributed by atoms with E-state index >= 15 is 0 Å². The van der Waals surface area contributed by atoms with Crippen LogP contribution in [0.2, 0.25) is 0 Å². The lowest BCUT2D eigenvalue weighted by Gasteiger charge is -2.40. The number of nitrogens with zero attached hydrogens (tertiary/aromatic N) is 2. The Kier molecular flexibility index (Phi) is 8.45. The summed E-state index contributed by atoms with van der Waals surface area (Å²) in [6, 6.07) is 2.75. The largest absolute Gasteiger partial charge is 0.458 e. The molecule has 3 aliphatic rings. The molecule has 0 bridgehead atoms. The minimum atomic E-state index is -1.28. The van der Waals surface area contributed by atoms with Gasteiger partial charge in [-0.15, -0.1) is 0 Å². The maximum Gasteiger partial charge on any atom is 0.259 e. The molecule has 0 saturated carbocycles. The second kappa shape index (κ2) is 10.5. The van der Waals surface area contributed by atoms with Crippen molar-refractivity contribution in [3.63, 3.8) is 0 Å². The van der Waals surface area contributed by atoms with Crippen LogP contribution in [0.4, 0.5) is 0 Å². The van der Waals surface area contributed by atoms with E-state index in [1.54, 1.807) is 0 Å². The van der Waals surface area contributed by atoms with E-state index < -0.39 is 8.53 Å². The van der Waals surface area contributed by atoms with Gasteiger partial charge in [0.25, 0.3) is 8.53 Å². The van der Waals surface area contributed by atoms with E-state index in [4.69, 9.17) is 23.8 Å². The first-order chi connectivity index (χ1) is 14.2. The molecule has 9 heteroatoms. The third-order valence-corrected chi connectivity index (χ3v) is 11.2. The summed E-state index contributed by atoms with van der Waals surface area (Å²) < 4.78 is 26.5. The zero-order chi connectivity index (χ0) is 21.9. The molecule has 0 radical (unpaired) electrons. The number of hydrogen-bond donors (Lipinski definition) is 0. The average molecular weight is 473 g/mol. The molecule has 1 aliphatic carbocycles. The van der Waals surface area contributed by atoms with Gasteiger partial charge in [-0.05, 0) is 53.5 Å². The first-order valence-corrected chi connectivity index (χ1v) is 13.9. The van der Waals surface area contributed by atoms with Crippen LogP contribution in [0.1, 0.15) is 54.4 Å². The van der Waals surface area contributed by atoms with Crippen molar-refractivity contribution in [2.45, 2.75) is 82.6 Å². The highest BCUT2D eigenvalue weighted by molar-refractivity contribution is 8.77. The fraction of sp³-hybridized carbons (Fsp3) is 0.762. The van der Waals surface area contributed by atoms with Gasteiger partial charge in [0.15, 0.2) is 5.76 Å². The van der Waals surface area contributed by atoms with E-state index in [2.05, 4.69) is 58.4 Å². The highest BCUT2D eigenvalue weighted by Crippen LogP contribution is 2.60. The molecular weight excluding hydrogens is 439 g/mol. The molecule has 0 spiro atoms. The van der Waals surface area contributed by atoms with Crippen LogP contribution in [-0.2, 0) is 18.5 Å². The Bertz CT molecular complexity index is 700. The van der Waals surface area contributed by atoms with Gasteiger partial charge in [-0.3, -0.25) is 0 Å². The summed E-state index contributed by atoms with van der Waals surface area (Å²) >= 11 is 0. The van der Waals surface area contributed by atoms with Gasteiger partial charge in [0.05, 0.1) is 25.2 Å². The van der Waals surface area contributed by atoms with Crippen LogP contribution < -0.4 is 0 Å². The molecule has 3 rings (SSSR count). The third-order valence-electron chi connectivity index (χ3n) is 5.28. The first-order valence-electron chi connectivity index (χ1n) is 10.5. The van der Waals surface area contributed by atoms with Crippen LogP contribution in [0.5, 0.6) is 0 Å². The molecule has 2 unspecified atom stereocenters. The van der Waals surface area contributed by atoms with Crippen LogP contribution in [-0.4, -0.2) is 46.3 Å². The van der Waals surface area contributed by atoms with Crippen LogP contribution in [0, 0.1) is 17.2 Å². The standard InChI is InChI=1S/C21H33N2O4PS2/c1-14(2)23(15(3)4)28(26-11-7-10-22)27-20-19(29-30-21(20,5)6)16-8-9-17-18(12-16)25-13-24-17/h8-9,14-16,19-20H,7,11-13H2,1-6H3/t16?,19-,20+,28?/m1/s1. The van der Waals surface area contributed by atoms with Gasteiger partial charge in [0.1, 0.15) is 5.76 Å². The second-order valence-electron chi connectivity index (χ2n) is 8.74. The van der Waals surface area contributed by atoms with E-state index in [9.17, 15) is 0 Å². The Morgan fingerprint density at radius 2 is 2.03 bits per heavy atom. The van der Waals surface area contributed by atoms with Gasteiger partial charge >= 0.3 is 0 Å². The van der Waals surface area contributed by atoms with Gasteiger partial charge in [-0.1, -0.05) is 27.7 Å². The summed E-state index contributed by atoms with van der Waals surface area (Å²) in [6.45, 7) is 13.9. The van der Waals surface area contributed by atoms with E-state index in [1.807, 2.05) is 27.7 Å². The molecule has 4 atom stereocenters. The van der Waals surface area contributed by atoms with Crippen molar-refractivity contribution in [1.82, 2.24) is 4.67 Å². The van der Waals surface area contributed by atoms with Crippen molar-refractivity contribution >= 4 is 30.1 Å². The van der Waals surface area contributed by atoms with Crippen LogP contribution in [0.25, 0.3) is 0 Å². The first kappa shape index (κ1) is 24.2. The normalized spacial score (nSPS) is 28.6. The van der Waals surface area contributed by atoms with Gasteiger partial charge in [0.2, 0.25) is 6.79 Å². The average Bonchev–Trinajstić information content (AvgIpc) is 3.25. The zero-order valence-electron chi connectivity index (χ0n) is 18.7. The molecule has 168 valence electrons. The van der Waals surface area contributed by atoms with E-state index in [-0.39, 0.29) is 28.2 Å². The second-order valence-corrected chi connectivity index (χ2v) is 13.2. The summed E-state index contributed by atoms with van der Waals surface area (Å²) in [5.74, 6) is 2.14. The van der Waals surface area contributed by atoms with Gasteiger partial charge in [-0.2, -0.15) is 5.26 Å². The molecule has 1 fully saturated rings. The summed E-state index contributed by atoms with van der Waals surface area (Å²) in [6.07, 6.45) is 5.51.